The number of unbranched alkanes of at least 4 members (excludes halogenated alkanes) is 26. The molecule has 262 valence electrons. The molecule has 0 aliphatic carbocycles. The van der Waals surface area contributed by atoms with Crippen LogP contribution in [0.1, 0.15) is 194 Å². The second-order valence-corrected chi connectivity index (χ2v) is 11.8. The van der Waals surface area contributed by atoms with E-state index in [-0.39, 0.29) is 13.2 Å². The van der Waals surface area contributed by atoms with E-state index in [1.807, 2.05) is 0 Å². The lowest BCUT2D eigenvalue weighted by molar-refractivity contribution is -0.502. The number of carbonyl (C=O) groups excluding carboxylic acids is 2. The van der Waals surface area contributed by atoms with Crippen molar-refractivity contribution in [3.05, 3.63) is 0 Å². The van der Waals surface area contributed by atoms with Crippen LogP contribution < -0.4 is 0 Å². The lowest BCUT2D eigenvalue weighted by Crippen LogP contribution is -2.15. The predicted molar refractivity (Wildman–Crippen MR) is 170 cm³/mol. The molecule has 0 atom stereocenters. The Morgan fingerprint density at radius 2 is 0.545 bits per heavy atom. The Morgan fingerprint density at radius 1 is 0.318 bits per heavy atom. The Hall–Kier alpha value is -1.62. The van der Waals surface area contributed by atoms with Gasteiger partial charge in [0.2, 0.25) is 0 Å². The Balaban J connectivity index is 3.26. The van der Waals surface area contributed by atoms with E-state index in [4.69, 9.17) is 9.78 Å². The number of carbonyl (C=O) groups is 2. The van der Waals surface area contributed by atoms with Gasteiger partial charge in [-0.15, -0.1) is 0 Å². The molecule has 0 aromatic heterocycles. The maximum atomic E-state index is 11.3. The summed E-state index contributed by atoms with van der Waals surface area (Å²) < 4.78 is 0. The third-order valence-electron chi connectivity index (χ3n) is 7.64. The molecule has 0 bridgehead atoms. The topological polar surface area (TPSA) is 108 Å². The van der Waals surface area contributed by atoms with E-state index in [0.717, 1.165) is 38.5 Å². The molecular weight excluding hydrogens is 568 g/mol. The fourth-order valence-corrected chi connectivity index (χ4v) is 4.98. The van der Waals surface area contributed by atoms with Crippen LogP contribution in [-0.2, 0) is 39.4 Å². The van der Waals surface area contributed by atoms with E-state index in [2.05, 4.69) is 43.5 Å². The SMILES string of the molecule is CCCCCCCCCCCCCCCCOOOC(=O)OOC(=O)OOOCCCCCCCCCCCCCCCC. The summed E-state index contributed by atoms with van der Waals surface area (Å²) >= 11 is 0. The van der Waals surface area contributed by atoms with Crippen molar-refractivity contribution in [2.75, 3.05) is 13.2 Å². The van der Waals surface area contributed by atoms with Crippen LogP contribution >= 0.6 is 0 Å². The lowest BCUT2D eigenvalue weighted by Gasteiger charge is -2.04. The second kappa shape index (κ2) is 37.6. The highest BCUT2D eigenvalue weighted by atomic mass is 17.5. The van der Waals surface area contributed by atoms with Gasteiger partial charge in [0.25, 0.3) is 0 Å². The number of rotatable bonds is 34. The highest BCUT2D eigenvalue weighted by Crippen LogP contribution is 2.14. The van der Waals surface area contributed by atoms with Gasteiger partial charge in [0.05, 0.1) is 13.2 Å². The van der Waals surface area contributed by atoms with E-state index in [0.29, 0.717) is 0 Å². The maximum Gasteiger partial charge on any atom is 0.584 e. The third-order valence-corrected chi connectivity index (χ3v) is 7.64. The quantitative estimate of drug-likeness (QED) is 0.0385. The summed E-state index contributed by atoms with van der Waals surface area (Å²) in [6, 6.07) is 0. The van der Waals surface area contributed by atoms with Crippen LogP contribution in [0.3, 0.4) is 0 Å². The van der Waals surface area contributed by atoms with Crippen LogP contribution in [0.5, 0.6) is 0 Å². The molecule has 10 nitrogen and oxygen atoms in total. The van der Waals surface area contributed by atoms with Crippen LogP contribution in [0.25, 0.3) is 0 Å². The van der Waals surface area contributed by atoms with Crippen LogP contribution in [0.2, 0.25) is 0 Å². The van der Waals surface area contributed by atoms with E-state index in [9.17, 15) is 9.59 Å². The number of hydrogen-bond acceptors (Lipinski definition) is 10. The first-order valence-corrected chi connectivity index (χ1v) is 18.0. The Bertz CT molecular complexity index is 540. The molecular formula is C34H66O10. The van der Waals surface area contributed by atoms with E-state index in [1.165, 1.54) is 141 Å². The highest BCUT2D eigenvalue weighted by molar-refractivity contribution is 5.62. The Kier molecular flexibility index (Phi) is 36.2. The highest BCUT2D eigenvalue weighted by Gasteiger charge is 2.15. The van der Waals surface area contributed by atoms with E-state index >= 15 is 0 Å². The molecule has 0 fully saturated rings. The molecule has 0 heterocycles. The molecule has 0 spiro atoms. The van der Waals surface area contributed by atoms with E-state index < -0.39 is 12.3 Å². The normalized spacial score (nSPS) is 11.0. The molecule has 0 aliphatic heterocycles. The fraction of sp³-hybridized carbons (Fsp3) is 0.941. The van der Waals surface area contributed by atoms with Crippen molar-refractivity contribution >= 4 is 12.3 Å². The van der Waals surface area contributed by atoms with E-state index in [1.54, 1.807) is 0 Å². The van der Waals surface area contributed by atoms with Crippen LogP contribution in [-0.4, -0.2) is 25.5 Å². The van der Waals surface area contributed by atoms with Crippen LogP contribution in [0.4, 0.5) is 9.59 Å². The summed E-state index contributed by atoms with van der Waals surface area (Å²) in [5.41, 5.74) is 0. The van der Waals surface area contributed by atoms with Crippen molar-refractivity contribution in [3.8, 4) is 0 Å². The van der Waals surface area contributed by atoms with Gasteiger partial charge in [0.1, 0.15) is 0 Å². The zero-order valence-electron chi connectivity index (χ0n) is 28.3. The van der Waals surface area contributed by atoms with Gasteiger partial charge >= 0.3 is 12.3 Å². The molecule has 10 heteroatoms. The average Bonchev–Trinajstić information content (AvgIpc) is 3.03. The predicted octanol–water partition coefficient (Wildman–Crippen LogP) is 11.9. The molecule has 0 aromatic carbocycles. The Labute approximate surface area is 268 Å². The van der Waals surface area contributed by atoms with Gasteiger partial charge < -0.3 is 0 Å². The maximum absolute atomic E-state index is 11.3. The summed E-state index contributed by atoms with van der Waals surface area (Å²) in [6.07, 6.45) is 32.3. The monoisotopic (exact) mass is 634 g/mol. The summed E-state index contributed by atoms with van der Waals surface area (Å²) in [7, 11) is 0. The van der Waals surface area contributed by atoms with Crippen LogP contribution in [0, 0.1) is 0 Å². The molecule has 0 rings (SSSR count). The van der Waals surface area contributed by atoms with Crippen molar-refractivity contribution in [3.63, 3.8) is 0 Å². The zero-order valence-corrected chi connectivity index (χ0v) is 28.3. The standard InChI is InChI=1S/C34H66O10/c1-3-5-7-9-11-13-15-17-19-21-23-25-27-29-31-37-43-41-33(35)39-40-34(36)42-44-38-32-30-28-26-24-22-20-18-16-14-12-10-8-6-4-2/h3-32H2,1-2H3. The van der Waals surface area contributed by atoms with Gasteiger partial charge in [-0.25, -0.2) is 9.78 Å². The average molecular weight is 635 g/mol. The molecule has 0 saturated heterocycles. The summed E-state index contributed by atoms with van der Waals surface area (Å²) in [5, 5.41) is 8.55. The molecule has 0 aliphatic rings. The minimum Gasteiger partial charge on any atom is -0.226 e. The van der Waals surface area contributed by atoms with Crippen molar-refractivity contribution in [2.45, 2.75) is 194 Å². The molecule has 0 unspecified atom stereocenters. The molecule has 0 aromatic rings. The largest absolute Gasteiger partial charge is 0.584 e. The number of hydrogen-bond donors (Lipinski definition) is 0. The second-order valence-electron chi connectivity index (χ2n) is 11.8. The first kappa shape index (κ1) is 42.4. The molecule has 0 amide bonds. The van der Waals surface area contributed by atoms with Gasteiger partial charge in [0, 0.05) is 0 Å². The first-order valence-electron chi connectivity index (χ1n) is 18.0. The zero-order chi connectivity index (χ0) is 32.0. The smallest absolute Gasteiger partial charge is 0.226 e. The van der Waals surface area contributed by atoms with Gasteiger partial charge in [-0.2, -0.15) is 29.1 Å². The van der Waals surface area contributed by atoms with Crippen molar-refractivity contribution in [1.82, 2.24) is 0 Å². The van der Waals surface area contributed by atoms with Crippen molar-refractivity contribution in [1.29, 1.82) is 0 Å². The van der Waals surface area contributed by atoms with Gasteiger partial charge in [-0.3, -0.25) is 0 Å². The van der Waals surface area contributed by atoms with Crippen LogP contribution in [0.15, 0.2) is 0 Å². The summed E-state index contributed by atoms with van der Waals surface area (Å²) in [4.78, 5) is 48.5. The fourth-order valence-electron chi connectivity index (χ4n) is 4.98. The third kappa shape index (κ3) is 36.6. The van der Waals surface area contributed by atoms with Crippen molar-refractivity contribution in [2.24, 2.45) is 0 Å². The summed E-state index contributed by atoms with van der Waals surface area (Å²) in [6.45, 7) is 5.03. The molecule has 0 N–H and O–H groups in total. The molecule has 44 heavy (non-hydrogen) atoms. The van der Waals surface area contributed by atoms with Gasteiger partial charge in [0.15, 0.2) is 0 Å². The van der Waals surface area contributed by atoms with Gasteiger partial charge in [-0.1, -0.05) is 181 Å². The summed E-state index contributed by atoms with van der Waals surface area (Å²) in [5.74, 6) is 0. The first-order chi connectivity index (χ1) is 21.7. The minimum absolute atomic E-state index is 0.263. The molecule has 0 radical (unpaired) electrons. The van der Waals surface area contributed by atoms with Gasteiger partial charge in [-0.05, 0) is 22.9 Å². The van der Waals surface area contributed by atoms with Crippen molar-refractivity contribution < 1.29 is 49.0 Å². The Morgan fingerprint density at radius 3 is 0.795 bits per heavy atom. The lowest BCUT2D eigenvalue weighted by atomic mass is 10.0. The molecule has 0 saturated carbocycles. The minimum atomic E-state index is -1.44.